The molecule has 0 aliphatic carbocycles. The van der Waals surface area contributed by atoms with E-state index in [1.54, 1.807) is 23.1 Å². The number of nitrogens with zero attached hydrogens (tertiary/aromatic N) is 1. The Labute approximate surface area is 213 Å². The molecule has 0 spiro atoms. The van der Waals surface area contributed by atoms with E-state index < -0.39 is 23.5 Å². The van der Waals surface area contributed by atoms with E-state index in [1.165, 1.54) is 4.90 Å². The number of rotatable bonds is 9. The Kier molecular flexibility index (Phi) is 8.44. The van der Waals surface area contributed by atoms with Crippen LogP contribution in [0.4, 0.5) is 0 Å². The minimum absolute atomic E-state index is 0.0279. The lowest BCUT2D eigenvalue weighted by molar-refractivity contribution is -0.908. The van der Waals surface area contributed by atoms with Crippen molar-refractivity contribution in [2.75, 3.05) is 46.0 Å². The number of hydrogen-bond acceptors (Lipinski definition) is 5. The van der Waals surface area contributed by atoms with Crippen molar-refractivity contribution in [2.24, 2.45) is 5.92 Å². The summed E-state index contributed by atoms with van der Waals surface area (Å²) >= 11 is 0. The summed E-state index contributed by atoms with van der Waals surface area (Å²) in [6.07, 6.45) is 0.750. The molecule has 0 saturated carbocycles. The molecule has 7 nitrogen and oxygen atoms in total. The van der Waals surface area contributed by atoms with Gasteiger partial charge in [0.25, 0.3) is 5.91 Å². The lowest BCUT2D eigenvalue weighted by Gasteiger charge is -2.29. The first-order valence-corrected chi connectivity index (χ1v) is 12.8. The fourth-order valence-electron chi connectivity index (χ4n) is 4.86. The first-order valence-electron chi connectivity index (χ1n) is 12.8. The summed E-state index contributed by atoms with van der Waals surface area (Å²) in [5.41, 5.74) is 2.01. The van der Waals surface area contributed by atoms with Gasteiger partial charge in [0.2, 0.25) is 5.78 Å². The van der Waals surface area contributed by atoms with Gasteiger partial charge >= 0.3 is 0 Å². The second kappa shape index (κ2) is 11.7. The molecule has 2 saturated heterocycles. The van der Waals surface area contributed by atoms with Crippen LogP contribution in [0.5, 0.6) is 5.75 Å². The van der Waals surface area contributed by atoms with E-state index in [0.717, 1.165) is 50.4 Å². The van der Waals surface area contributed by atoms with Gasteiger partial charge in [0.05, 0.1) is 32.4 Å². The Hall–Kier alpha value is -3.16. The smallest absolute Gasteiger partial charge is 0.295 e. The molecule has 1 N–H and O–H groups in total. The molecule has 36 heavy (non-hydrogen) atoms. The third kappa shape index (κ3) is 5.79. The Bertz CT molecular complexity index is 1110. The molecule has 2 aliphatic rings. The van der Waals surface area contributed by atoms with Crippen LogP contribution in [0.2, 0.25) is 0 Å². The zero-order chi connectivity index (χ0) is 25.7. The van der Waals surface area contributed by atoms with Gasteiger partial charge in [-0.15, -0.1) is 0 Å². The van der Waals surface area contributed by atoms with E-state index >= 15 is 0 Å². The Morgan fingerprint density at radius 2 is 1.86 bits per heavy atom. The maximum absolute atomic E-state index is 13.7. The summed E-state index contributed by atoms with van der Waals surface area (Å²) in [4.78, 5) is 29.4. The summed E-state index contributed by atoms with van der Waals surface area (Å²) in [7, 11) is 0. The number of likely N-dealkylation sites (tertiary alicyclic amines) is 1. The Balaban J connectivity index is 1.63. The van der Waals surface area contributed by atoms with Crippen LogP contribution in [-0.4, -0.2) is 62.6 Å². The van der Waals surface area contributed by atoms with Gasteiger partial charge in [-0.2, -0.15) is 0 Å². The number of ketones is 1. The average Bonchev–Trinajstić information content (AvgIpc) is 3.13. The van der Waals surface area contributed by atoms with Crippen molar-refractivity contribution in [1.29, 1.82) is 0 Å². The molecule has 2 heterocycles. The zero-order valence-corrected chi connectivity index (χ0v) is 21.4. The van der Waals surface area contributed by atoms with Gasteiger partial charge in [0.1, 0.15) is 18.8 Å². The second-order valence-corrected chi connectivity index (χ2v) is 10.0. The molecule has 2 aromatic rings. The maximum atomic E-state index is 13.7. The minimum atomic E-state index is -0.703. The molecule has 2 aliphatic heterocycles. The molecule has 1 atom stereocenters. The number of aryl methyl sites for hydroxylation is 1. The summed E-state index contributed by atoms with van der Waals surface area (Å²) in [5.74, 6) is -0.609. The minimum Gasteiger partial charge on any atom is -0.872 e. The summed E-state index contributed by atoms with van der Waals surface area (Å²) in [6.45, 7) is 11.3. The molecular weight excluding hydrogens is 456 g/mol. The molecule has 2 aromatic carbocycles. The van der Waals surface area contributed by atoms with Crippen molar-refractivity contribution < 1.29 is 29.1 Å². The number of carbonyl (C=O) groups is 2. The third-order valence-electron chi connectivity index (χ3n) is 6.78. The Morgan fingerprint density at radius 1 is 1.14 bits per heavy atom. The highest BCUT2D eigenvalue weighted by Gasteiger charge is 2.44. The van der Waals surface area contributed by atoms with E-state index in [2.05, 4.69) is 13.8 Å². The van der Waals surface area contributed by atoms with Gasteiger partial charge in [-0.3, -0.25) is 9.59 Å². The highest BCUT2D eigenvalue weighted by atomic mass is 16.5. The standard InChI is InChI=1S/C29H36N2O5/c1-20(2)19-36-24-11-10-23(18-21(24)3)27(32)25-26(22-8-5-4-6-9-22)31(29(34)28(25)33)13-7-12-30-14-16-35-17-15-30/h4-6,8-11,18,20,26,32H,7,12-17,19H2,1-3H3. The molecule has 192 valence electrons. The zero-order valence-electron chi connectivity index (χ0n) is 21.4. The predicted molar refractivity (Wildman–Crippen MR) is 135 cm³/mol. The molecule has 2 fully saturated rings. The molecule has 1 unspecified atom stereocenters. The van der Waals surface area contributed by atoms with Crippen LogP contribution in [0.3, 0.4) is 0 Å². The average molecular weight is 493 g/mol. The van der Waals surface area contributed by atoms with E-state index in [-0.39, 0.29) is 5.57 Å². The maximum Gasteiger partial charge on any atom is 0.295 e. The van der Waals surface area contributed by atoms with E-state index in [9.17, 15) is 14.7 Å². The number of quaternary nitrogens is 1. The summed E-state index contributed by atoms with van der Waals surface area (Å²) in [6, 6.07) is 13.9. The van der Waals surface area contributed by atoms with E-state index in [1.807, 2.05) is 37.3 Å². The van der Waals surface area contributed by atoms with E-state index in [4.69, 9.17) is 9.47 Å². The lowest BCUT2D eigenvalue weighted by atomic mass is 9.94. The van der Waals surface area contributed by atoms with Gasteiger partial charge < -0.3 is 24.4 Å². The van der Waals surface area contributed by atoms with Crippen molar-refractivity contribution in [3.05, 3.63) is 70.8 Å². The van der Waals surface area contributed by atoms with Crippen molar-refractivity contribution >= 4 is 17.4 Å². The third-order valence-corrected chi connectivity index (χ3v) is 6.78. The van der Waals surface area contributed by atoms with Crippen LogP contribution in [-0.2, 0) is 14.3 Å². The van der Waals surface area contributed by atoms with Gasteiger partial charge in [0.15, 0.2) is 0 Å². The number of benzene rings is 2. The largest absolute Gasteiger partial charge is 0.872 e. The van der Waals surface area contributed by atoms with Gasteiger partial charge in [-0.05, 0) is 41.7 Å². The predicted octanol–water partition coefficient (Wildman–Crippen LogP) is 1.56. The number of carbonyl (C=O) groups excluding carboxylic acids is 2. The molecule has 0 aromatic heterocycles. The molecular formula is C29H36N2O5. The second-order valence-electron chi connectivity index (χ2n) is 10.0. The topological polar surface area (TPSA) is 83.3 Å². The highest BCUT2D eigenvalue weighted by molar-refractivity contribution is 6.46. The van der Waals surface area contributed by atoms with Crippen LogP contribution in [0, 0.1) is 12.8 Å². The van der Waals surface area contributed by atoms with Crippen LogP contribution >= 0.6 is 0 Å². The number of Topliss-reactive ketones (excluding diaryl/α,β-unsaturated/α-hetero) is 1. The molecule has 1 amide bonds. The van der Waals surface area contributed by atoms with Crippen molar-refractivity contribution in [2.45, 2.75) is 33.2 Å². The summed E-state index contributed by atoms with van der Waals surface area (Å²) < 4.78 is 11.3. The monoisotopic (exact) mass is 492 g/mol. The normalized spacial score (nSPS) is 20.3. The number of hydrogen-bond donors (Lipinski definition) is 1. The number of ether oxygens (including phenoxy) is 2. The van der Waals surface area contributed by atoms with Gasteiger partial charge in [-0.25, -0.2) is 0 Å². The number of nitrogens with one attached hydrogen (secondary N) is 1. The fourth-order valence-corrected chi connectivity index (χ4v) is 4.86. The fraction of sp³-hybridized carbons (Fsp3) is 0.448. The lowest BCUT2D eigenvalue weighted by Crippen LogP contribution is -3.14. The van der Waals surface area contributed by atoms with Crippen molar-refractivity contribution in [1.82, 2.24) is 4.90 Å². The van der Waals surface area contributed by atoms with Crippen LogP contribution in [0.25, 0.3) is 5.76 Å². The van der Waals surface area contributed by atoms with E-state index in [0.29, 0.717) is 30.4 Å². The molecule has 0 bridgehead atoms. The van der Waals surface area contributed by atoms with Gasteiger partial charge in [-0.1, -0.05) is 56.0 Å². The van der Waals surface area contributed by atoms with Crippen molar-refractivity contribution in [3.8, 4) is 5.75 Å². The van der Waals surface area contributed by atoms with Crippen LogP contribution < -0.4 is 14.7 Å². The molecule has 7 heteroatoms. The SMILES string of the molecule is Cc1cc(C([O-])=C2C(=O)C(=O)N(CCC[NH+]3CCOCC3)C2c2ccccc2)ccc1OCC(C)C. The Morgan fingerprint density at radius 3 is 2.53 bits per heavy atom. The quantitative estimate of drug-likeness (QED) is 0.326. The van der Waals surface area contributed by atoms with Crippen LogP contribution in [0.15, 0.2) is 54.1 Å². The first-order chi connectivity index (χ1) is 17.4. The summed E-state index contributed by atoms with van der Waals surface area (Å²) in [5, 5.41) is 13.7. The highest BCUT2D eigenvalue weighted by Crippen LogP contribution is 2.39. The first kappa shape index (κ1) is 25.9. The molecule has 0 radical (unpaired) electrons. The van der Waals surface area contributed by atoms with Crippen molar-refractivity contribution in [3.63, 3.8) is 0 Å². The number of amides is 1. The van der Waals surface area contributed by atoms with Gasteiger partial charge in [0, 0.05) is 18.5 Å². The molecule has 4 rings (SSSR count). The van der Waals surface area contributed by atoms with Crippen LogP contribution in [0.1, 0.15) is 43.0 Å². The number of morpholine rings is 1.